The van der Waals surface area contributed by atoms with E-state index in [1.54, 1.807) is 0 Å². The minimum absolute atomic E-state index is 0.0604. The molecule has 102 valence electrons. The molecule has 0 amide bonds. The Bertz CT molecular complexity index is 569. The molecule has 1 heterocycles. The van der Waals surface area contributed by atoms with Gasteiger partial charge in [-0.25, -0.2) is 4.68 Å². The summed E-state index contributed by atoms with van der Waals surface area (Å²) >= 11 is 0. The molecule has 2 N–H and O–H groups in total. The number of rotatable bonds is 4. The third-order valence-electron chi connectivity index (χ3n) is 3.80. The first-order valence-corrected chi connectivity index (χ1v) is 7.00. The zero-order valence-electron chi connectivity index (χ0n) is 12.3. The van der Waals surface area contributed by atoms with Crippen molar-refractivity contribution < 1.29 is 0 Å². The summed E-state index contributed by atoms with van der Waals surface area (Å²) in [6.07, 6.45) is 1.94. The fraction of sp³-hybridized carbons (Fsp3) is 0.438. The van der Waals surface area contributed by atoms with Crippen LogP contribution in [0.3, 0.4) is 0 Å². The lowest BCUT2D eigenvalue weighted by molar-refractivity contribution is 0.683. The van der Waals surface area contributed by atoms with Crippen LogP contribution in [0.2, 0.25) is 0 Å². The maximum atomic E-state index is 6.22. The second-order valence-corrected chi connectivity index (χ2v) is 4.99. The summed E-state index contributed by atoms with van der Waals surface area (Å²) in [6.45, 7) is 8.49. The van der Waals surface area contributed by atoms with Gasteiger partial charge in [0.15, 0.2) is 0 Å². The van der Waals surface area contributed by atoms with Gasteiger partial charge in [-0.05, 0) is 43.9 Å². The Morgan fingerprint density at radius 1 is 1.21 bits per heavy atom. The van der Waals surface area contributed by atoms with Crippen molar-refractivity contribution in [1.82, 2.24) is 9.78 Å². The third-order valence-corrected chi connectivity index (χ3v) is 3.80. The van der Waals surface area contributed by atoms with E-state index >= 15 is 0 Å². The Morgan fingerprint density at radius 3 is 2.47 bits per heavy atom. The summed E-state index contributed by atoms with van der Waals surface area (Å²) in [6, 6.07) is 8.35. The fourth-order valence-electron chi connectivity index (χ4n) is 2.64. The largest absolute Gasteiger partial charge is 0.324 e. The molecule has 3 nitrogen and oxygen atoms in total. The van der Waals surface area contributed by atoms with E-state index in [4.69, 9.17) is 5.73 Å². The van der Waals surface area contributed by atoms with Crippen LogP contribution >= 0.6 is 0 Å². The van der Waals surface area contributed by atoms with Gasteiger partial charge in [0.05, 0.1) is 11.4 Å². The Kier molecular flexibility index (Phi) is 4.05. The first-order chi connectivity index (χ1) is 9.10. The van der Waals surface area contributed by atoms with Gasteiger partial charge in [0, 0.05) is 11.7 Å². The summed E-state index contributed by atoms with van der Waals surface area (Å²) in [5.41, 5.74) is 12.2. The standard InChI is InChI=1S/C16H23N3/c1-5-13-11(3)18-19(12(13)4)16-10-8-7-9-14(16)15(17)6-2/h7-10,15H,5-6,17H2,1-4H3/t15-/m1/s1. The van der Waals surface area contributed by atoms with E-state index in [1.165, 1.54) is 16.8 Å². The van der Waals surface area contributed by atoms with Gasteiger partial charge in [-0.15, -0.1) is 0 Å². The van der Waals surface area contributed by atoms with E-state index in [9.17, 15) is 0 Å². The van der Waals surface area contributed by atoms with Crippen LogP contribution in [0.4, 0.5) is 0 Å². The molecule has 0 fully saturated rings. The van der Waals surface area contributed by atoms with Gasteiger partial charge >= 0.3 is 0 Å². The van der Waals surface area contributed by atoms with Crippen LogP contribution in [-0.4, -0.2) is 9.78 Å². The number of benzene rings is 1. The van der Waals surface area contributed by atoms with E-state index < -0.39 is 0 Å². The van der Waals surface area contributed by atoms with Crippen LogP contribution < -0.4 is 5.73 Å². The quantitative estimate of drug-likeness (QED) is 0.911. The molecule has 0 saturated carbocycles. The number of nitrogens with two attached hydrogens (primary N) is 1. The average molecular weight is 257 g/mol. The topological polar surface area (TPSA) is 43.8 Å². The molecular weight excluding hydrogens is 234 g/mol. The van der Waals surface area contributed by atoms with Crippen LogP contribution in [0.1, 0.15) is 48.8 Å². The number of hydrogen-bond acceptors (Lipinski definition) is 2. The number of para-hydroxylation sites is 1. The van der Waals surface area contributed by atoms with Gasteiger partial charge in [-0.1, -0.05) is 32.0 Å². The maximum Gasteiger partial charge on any atom is 0.0696 e. The van der Waals surface area contributed by atoms with E-state index in [2.05, 4.69) is 44.9 Å². The second kappa shape index (κ2) is 5.57. The van der Waals surface area contributed by atoms with E-state index in [-0.39, 0.29) is 6.04 Å². The molecule has 2 aromatic rings. The average Bonchev–Trinajstić information content (AvgIpc) is 2.72. The SMILES string of the molecule is CCc1c(C)nn(-c2ccccc2[C@H](N)CC)c1C. The van der Waals surface area contributed by atoms with Crippen molar-refractivity contribution in [2.75, 3.05) is 0 Å². The molecule has 0 saturated heterocycles. The van der Waals surface area contributed by atoms with E-state index in [1.807, 2.05) is 16.8 Å². The van der Waals surface area contributed by atoms with Gasteiger partial charge in [-0.2, -0.15) is 5.10 Å². The Balaban J connectivity index is 2.59. The molecule has 19 heavy (non-hydrogen) atoms. The fourth-order valence-corrected chi connectivity index (χ4v) is 2.64. The van der Waals surface area contributed by atoms with Crippen LogP contribution in [-0.2, 0) is 6.42 Å². The molecule has 1 atom stereocenters. The van der Waals surface area contributed by atoms with Gasteiger partial charge < -0.3 is 5.73 Å². The van der Waals surface area contributed by atoms with Crippen LogP contribution in [0, 0.1) is 13.8 Å². The van der Waals surface area contributed by atoms with Gasteiger partial charge in [-0.3, -0.25) is 0 Å². The molecule has 0 radical (unpaired) electrons. The predicted octanol–water partition coefficient (Wildman–Crippen LogP) is 3.46. The lowest BCUT2D eigenvalue weighted by atomic mass is 10.0. The molecule has 3 heteroatoms. The van der Waals surface area contributed by atoms with Crippen LogP contribution in [0.25, 0.3) is 5.69 Å². The predicted molar refractivity (Wildman–Crippen MR) is 79.6 cm³/mol. The van der Waals surface area contributed by atoms with Gasteiger partial charge in [0.25, 0.3) is 0 Å². The van der Waals surface area contributed by atoms with Crippen molar-refractivity contribution in [3.8, 4) is 5.69 Å². The molecule has 0 aliphatic heterocycles. The van der Waals surface area contributed by atoms with Gasteiger partial charge in [0.1, 0.15) is 0 Å². The summed E-state index contributed by atoms with van der Waals surface area (Å²) in [4.78, 5) is 0. The number of aryl methyl sites for hydroxylation is 1. The molecule has 0 aliphatic carbocycles. The van der Waals surface area contributed by atoms with Crippen molar-refractivity contribution in [3.05, 3.63) is 46.8 Å². The van der Waals surface area contributed by atoms with Crippen molar-refractivity contribution in [2.24, 2.45) is 5.73 Å². The first kappa shape index (κ1) is 13.8. The minimum atomic E-state index is 0.0604. The number of hydrogen-bond donors (Lipinski definition) is 1. The van der Waals surface area contributed by atoms with Crippen molar-refractivity contribution in [2.45, 2.75) is 46.6 Å². The minimum Gasteiger partial charge on any atom is -0.324 e. The molecular formula is C16H23N3. The summed E-state index contributed by atoms with van der Waals surface area (Å²) < 4.78 is 2.04. The van der Waals surface area contributed by atoms with Crippen molar-refractivity contribution in [3.63, 3.8) is 0 Å². The first-order valence-electron chi connectivity index (χ1n) is 7.00. The lowest BCUT2D eigenvalue weighted by Gasteiger charge is -2.16. The van der Waals surface area contributed by atoms with Crippen LogP contribution in [0.15, 0.2) is 24.3 Å². The number of nitrogens with zero attached hydrogens (tertiary/aromatic N) is 2. The zero-order chi connectivity index (χ0) is 14.0. The molecule has 0 aliphatic rings. The Hall–Kier alpha value is -1.61. The van der Waals surface area contributed by atoms with Crippen LogP contribution in [0.5, 0.6) is 0 Å². The molecule has 0 bridgehead atoms. The second-order valence-electron chi connectivity index (χ2n) is 4.99. The van der Waals surface area contributed by atoms with Crippen molar-refractivity contribution in [1.29, 1.82) is 0 Å². The summed E-state index contributed by atoms with van der Waals surface area (Å²) in [5.74, 6) is 0. The zero-order valence-corrected chi connectivity index (χ0v) is 12.3. The Morgan fingerprint density at radius 2 is 1.89 bits per heavy atom. The van der Waals surface area contributed by atoms with Crippen molar-refractivity contribution >= 4 is 0 Å². The monoisotopic (exact) mass is 257 g/mol. The third kappa shape index (κ3) is 2.43. The van der Waals surface area contributed by atoms with E-state index in [0.717, 1.165) is 24.2 Å². The molecule has 1 aromatic carbocycles. The molecule has 0 unspecified atom stereocenters. The van der Waals surface area contributed by atoms with Gasteiger partial charge in [0.2, 0.25) is 0 Å². The van der Waals surface area contributed by atoms with E-state index in [0.29, 0.717) is 0 Å². The highest BCUT2D eigenvalue weighted by molar-refractivity contribution is 5.45. The highest BCUT2D eigenvalue weighted by atomic mass is 15.3. The highest BCUT2D eigenvalue weighted by Gasteiger charge is 2.15. The number of aromatic nitrogens is 2. The molecule has 2 rings (SSSR count). The lowest BCUT2D eigenvalue weighted by Crippen LogP contribution is -2.13. The summed E-state index contributed by atoms with van der Waals surface area (Å²) in [7, 11) is 0. The highest BCUT2D eigenvalue weighted by Crippen LogP contribution is 2.25. The maximum absolute atomic E-state index is 6.22. The Labute approximate surface area is 115 Å². The summed E-state index contributed by atoms with van der Waals surface area (Å²) in [5, 5.41) is 4.69. The smallest absolute Gasteiger partial charge is 0.0696 e. The molecule has 1 aromatic heterocycles. The molecule has 0 spiro atoms. The normalized spacial score (nSPS) is 12.7.